The Bertz CT molecular complexity index is 1900. The van der Waals surface area contributed by atoms with E-state index in [0.717, 1.165) is 33.2 Å². The van der Waals surface area contributed by atoms with Gasteiger partial charge in [-0.3, -0.25) is 19.2 Å². The van der Waals surface area contributed by atoms with E-state index in [9.17, 15) is 19.2 Å². The molecule has 2 aromatic heterocycles. The number of para-hydroxylation sites is 1. The fourth-order valence-electron chi connectivity index (χ4n) is 5.36. The van der Waals surface area contributed by atoms with Crippen molar-refractivity contribution in [1.29, 1.82) is 0 Å². The lowest BCUT2D eigenvalue weighted by atomic mass is 9.98. The van der Waals surface area contributed by atoms with Crippen LogP contribution in [0, 0.1) is 0 Å². The van der Waals surface area contributed by atoms with Crippen LogP contribution in [0.2, 0.25) is 0 Å². The number of imidazole rings is 1. The third kappa shape index (κ3) is 7.60. The number of aromatic nitrogens is 3. The molecule has 238 valence electrons. The predicted octanol–water partition coefficient (Wildman–Crippen LogP) is 4.03. The van der Waals surface area contributed by atoms with Crippen molar-refractivity contribution < 1.29 is 19.2 Å². The van der Waals surface area contributed by atoms with E-state index in [1.54, 1.807) is 31.1 Å². The molecule has 0 aliphatic heterocycles. The van der Waals surface area contributed by atoms with Gasteiger partial charge in [0.2, 0.25) is 25.6 Å². The Hall–Kier alpha value is -5.65. The van der Waals surface area contributed by atoms with Crippen LogP contribution in [0.4, 0.5) is 10.6 Å². The number of nitrogens with zero attached hydrogens (tertiary/aromatic N) is 3. The van der Waals surface area contributed by atoms with Crippen molar-refractivity contribution in [3.8, 4) is 11.1 Å². The Balaban J connectivity index is 1.40. The second-order valence-corrected chi connectivity index (χ2v) is 12.0. The number of anilines is 1. The highest BCUT2D eigenvalue weighted by atomic mass is 16.2. The van der Waals surface area contributed by atoms with Crippen LogP contribution in [-0.2, 0) is 20.8 Å². The van der Waals surface area contributed by atoms with E-state index >= 15 is 0 Å². The van der Waals surface area contributed by atoms with Crippen LogP contribution < -0.4 is 16.0 Å². The van der Waals surface area contributed by atoms with Gasteiger partial charge in [0, 0.05) is 43.8 Å². The second-order valence-electron chi connectivity index (χ2n) is 12.0. The molecule has 0 bridgehead atoms. The normalized spacial score (nSPS) is 12.6. The van der Waals surface area contributed by atoms with Gasteiger partial charge in [-0.05, 0) is 42.2 Å². The molecule has 4 amide bonds. The van der Waals surface area contributed by atoms with Gasteiger partial charge in [0.15, 0.2) is 11.6 Å². The fourth-order valence-corrected chi connectivity index (χ4v) is 5.36. The van der Waals surface area contributed by atoms with Crippen LogP contribution in [0.3, 0.4) is 0 Å². The van der Waals surface area contributed by atoms with Gasteiger partial charge in [-0.1, -0.05) is 72.8 Å². The van der Waals surface area contributed by atoms with E-state index in [0.29, 0.717) is 0 Å². The number of fused-ring (bicyclic) bond motifs is 1. The van der Waals surface area contributed by atoms with Crippen LogP contribution >= 0.6 is 0 Å². The summed E-state index contributed by atoms with van der Waals surface area (Å²) in [5.74, 6) is -1.99. The van der Waals surface area contributed by atoms with Crippen LogP contribution in [-0.4, -0.2) is 76.5 Å². The quantitative estimate of drug-likeness (QED) is 0.163. The molecule has 0 spiro atoms. The van der Waals surface area contributed by atoms with E-state index in [-0.39, 0.29) is 18.1 Å². The molecule has 5 aromatic rings. The summed E-state index contributed by atoms with van der Waals surface area (Å²) < 4.78 is 1.64. The molecule has 11 nitrogen and oxygen atoms in total. The first-order valence-electron chi connectivity index (χ1n) is 15.1. The maximum absolute atomic E-state index is 13.8. The molecule has 1 unspecified atom stereocenters. The summed E-state index contributed by atoms with van der Waals surface area (Å²) in [4.78, 5) is 61.0. The van der Waals surface area contributed by atoms with Gasteiger partial charge in [0.25, 0.3) is 0 Å². The summed E-state index contributed by atoms with van der Waals surface area (Å²) >= 11 is 0. The zero-order valence-corrected chi connectivity index (χ0v) is 26.7. The molecular weight excluding hydrogens is 593 g/mol. The minimum Gasteiger partial charge on any atom is -0.361 e. The van der Waals surface area contributed by atoms with Crippen molar-refractivity contribution in [1.82, 2.24) is 30.1 Å². The molecule has 2 atom stereocenters. The Morgan fingerprint density at radius 1 is 0.936 bits per heavy atom. The number of rotatable bonds is 11. The third-order valence-corrected chi connectivity index (χ3v) is 7.88. The van der Waals surface area contributed by atoms with Crippen LogP contribution in [0.25, 0.3) is 22.0 Å². The lowest BCUT2D eigenvalue weighted by Crippen LogP contribution is -2.58. The second kappa shape index (κ2) is 13.8. The first-order valence-corrected chi connectivity index (χ1v) is 15.1. The summed E-state index contributed by atoms with van der Waals surface area (Å²) in [5, 5.41) is 8.86. The number of H-pyrrole nitrogens is 1. The third-order valence-electron chi connectivity index (χ3n) is 7.88. The van der Waals surface area contributed by atoms with E-state index in [4.69, 9.17) is 7.85 Å². The summed E-state index contributed by atoms with van der Waals surface area (Å²) in [6, 6.07) is 23.5. The Morgan fingerprint density at radius 2 is 1.60 bits per heavy atom. The summed E-state index contributed by atoms with van der Waals surface area (Å²) in [6.07, 6.45) is 5.00. The monoisotopic (exact) mass is 629 g/mol. The van der Waals surface area contributed by atoms with Crippen molar-refractivity contribution >= 4 is 48.1 Å². The van der Waals surface area contributed by atoms with Gasteiger partial charge in [0.05, 0.1) is 6.33 Å². The Morgan fingerprint density at radius 3 is 2.28 bits per heavy atom. The highest BCUT2D eigenvalue weighted by Gasteiger charge is 2.33. The Labute approximate surface area is 274 Å². The summed E-state index contributed by atoms with van der Waals surface area (Å²) in [6.45, 7) is 2.98. The van der Waals surface area contributed by atoms with Crippen molar-refractivity contribution in [3.05, 3.63) is 109 Å². The van der Waals surface area contributed by atoms with E-state index in [2.05, 4.69) is 25.9 Å². The number of likely N-dealkylation sites (N-methyl/N-ethyl adjacent to an activating group) is 1. The minimum absolute atomic E-state index is 0.143. The van der Waals surface area contributed by atoms with Gasteiger partial charge in [-0.2, -0.15) is 0 Å². The number of benzene rings is 3. The van der Waals surface area contributed by atoms with Gasteiger partial charge >= 0.3 is 0 Å². The fraction of sp³-hybridized carbons (Fsp3) is 0.229. The van der Waals surface area contributed by atoms with Crippen molar-refractivity contribution in [2.75, 3.05) is 19.4 Å². The molecule has 2 heterocycles. The number of nitrogens with one attached hydrogen (secondary N) is 4. The molecule has 0 aliphatic rings. The van der Waals surface area contributed by atoms with Crippen molar-refractivity contribution in [2.45, 2.75) is 37.9 Å². The Kier molecular flexibility index (Phi) is 9.60. The van der Waals surface area contributed by atoms with E-state index < -0.39 is 35.2 Å². The standard InChI is InChI=1S/C35H36BN7O4/c1-35(2,41-34(36)47)33(46)39-28(18-25-19-37-27-13-9-8-12-26(25)27)31(44)40-29-20-43(21-38-29)30(32(45)42(3)4)24-16-14-23(15-17-24)22-10-6-5-7-11-22/h5-17,19-21,28,30,37H,18H2,1-4H3,(H,39,46)(H,40,44)(H,41,47)/t28-,30?/m1/s1. The maximum Gasteiger partial charge on any atom is 0.249 e. The molecule has 3 aromatic carbocycles. The highest BCUT2D eigenvalue weighted by molar-refractivity contribution is 6.57. The molecule has 12 heteroatoms. The van der Waals surface area contributed by atoms with Crippen LogP contribution in [0.15, 0.2) is 97.6 Å². The number of carbonyl (C=O) groups excluding carboxylic acids is 4. The SMILES string of the molecule is [B]C(=O)NC(C)(C)C(=O)N[C@H](Cc1c[nH]c2ccccc12)C(=O)Nc1cn(C(C(=O)N(C)C)c2ccc(-c3ccccc3)cc2)cn1. The first-order chi connectivity index (χ1) is 22.4. The van der Waals surface area contributed by atoms with E-state index in [1.165, 1.54) is 25.1 Å². The van der Waals surface area contributed by atoms with Gasteiger partial charge < -0.3 is 30.4 Å². The molecule has 0 aliphatic carbocycles. The largest absolute Gasteiger partial charge is 0.361 e. The summed E-state index contributed by atoms with van der Waals surface area (Å²) in [7, 11) is 8.63. The number of hydrogen-bond acceptors (Lipinski definition) is 5. The van der Waals surface area contributed by atoms with Crippen molar-refractivity contribution in [2.24, 2.45) is 0 Å². The lowest BCUT2D eigenvalue weighted by molar-refractivity contribution is -0.131. The average Bonchev–Trinajstić information content (AvgIpc) is 3.68. The minimum atomic E-state index is -1.39. The van der Waals surface area contributed by atoms with Gasteiger partial charge in [0.1, 0.15) is 17.6 Å². The highest BCUT2D eigenvalue weighted by Crippen LogP contribution is 2.26. The number of aromatic amines is 1. The maximum atomic E-state index is 13.8. The van der Waals surface area contributed by atoms with E-state index in [1.807, 2.05) is 78.9 Å². The molecule has 0 fully saturated rings. The molecule has 47 heavy (non-hydrogen) atoms. The van der Waals surface area contributed by atoms with Crippen LogP contribution in [0.5, 0.6) is 0 Å². The average molecular weight is 630 g/mol. The first kappa shape index (κ1) is 32.7. The molecule has 0 saturated carbocycles. The predicted molar refractivity (Wildman–Crippen MR) is 182 cm³/mol. The summed E-state index contributed by atoms with van der Waals surface area (Å²) in [5.41, 5.74) is 3.12. The topological polar surface area (TPSA) is 141 Å². The van der Waals surface area contributed by atoms with Crippen LogP contribution in [0.1, 0.15) is 31.0 Å². The number of amides is 4. The van der Waals surface area contributed by atoms with Gasteiger partial charge in [-0.15, -0.1) is 0 Å². The smallest absolute Gasteiger partial charge is 0.249 e. The molecule has 4 N–H and O–H groups in total. The zero-order valence-electron chi connectivity index (χ0n) is 26.7. The molecule has 0 saturated heterocycles. The lowest BCUT2D eigenvalue weighted by Gasteiger charge is -2.27. The molecular formula is C35H36BN7O4. The number of hydrogen-bond donors (Lipinski definition) is 4. The zero-order chi connectivity index (χ0) is 33.7. The van der Waals surface area contributed by atoms with Gasteiger partial charge in [-0.25, -0.2) is 4.98 Å². The van der Waals surface area contributed by atoms with Crippen molar-refractivity contribution in [3.63, 3.8) is 0 Å². The molecule has 2 radical (unpaired) electrons. The molecule has 5 rings (SSSR count). The number of carbonyl (C=O) groups is 4.